The third-order valence-electron chi connectivity index (χ3n) is 3.06. The van der Waals surface area contributed by atoms with Crippen LogP contribution >= 0.6 is 22.7 Å². The first-order valence-corrected chi connectivity index (χ1v) is 9.61. The Bertz CT molecular complexity index is 806. The second kappa shape index (κ2) is 6.11. The van der Waals surface area contributed by atoms with E-state index in [9.17, 15) is 8.42 Å². The third kappa shape index (κ3) is 3.24. The predicted molar refractivity (Wildman–Crippen MR) is 88.1 cm³/mol. The zero-order valence-corrected chi connectivity index (χ0v) is 13.5. The lowest BCUT2D eigenvalue weighted by molar-refractivity contribution is 0.583. The van der Waals surface area contributed by atoms with E-state index in [2.05, 4.69) is 10.1 Å². The standard InChI is InChI=1S/C15H13NO2S3/c17-21(18,15-6-3-8-20-15)16-10-12-4-1-2-5-14(12)13-7-9-19-11-13/h1-9,11,16H,10H2. The summed E-state index contributed by atoms with van der Waals surface area (Å²) in [5.41, 5.74) is 3.15. The molecular weight excluding hydrogens is 322 g/mol. The molecule has 0 fully saturated rings. The highest BCUT2D eigenvalue weighted by Gasteiger charge is 2.15. The van der Waals surface area contributed by atoms with Crippen molar-refractivity contribution in [2.24, 2.45) is 0 Å². The molecule has 1 N–H and O–H groups in total. The minimum atomic E-state index is -3.43. The lowest BCUT2D eigenvalue weighted by Crippen LogP contribution is -2.22. The van der Waals surface area contributed by atoms with Gasteiger partial charge in [-0.15, -0.1) is 11.3 Å². The second-order valence-corrected chi connectivity index (χ2v) is 8.15. The summed E-state index contributed by atoms with van der Waals surface area (Å²) in [6.07, 6.45) is 0. The molecule has 3 rings (SSSR count). The fourth-order valence-electron chi connectivity index (χ4n) is 2.03. The number of hydrogen-bond donors (Lipinski definition) is 1. The van der Waals surface area contributed by atoms with E-state index in [0.29, 0.717) is 4.21 Å². The van der Waals surface area contributed by atoms with Gasteiger partial charge >= 0.3 is 0 Å². The van der Waals surface area contributed by atoms with Crippen molar-refractivity contribution >= 4 is 32.7 Å². The van der Waals surface area contributed by atoms with Gasteiger partial charge in [0.25, 0.3) is 0 Å². The average Bonchev–Trinajstić information content (AvgIpc) is 3.18. The molecule has 0 aliphatic rings. The Kier molecular flexibility index (Phi) is 4.21. The van der Waals surface area contributed by atoms with Crippen LogP contribution in [0.3, 0.4) is 0 Å². The Hall–Kier alpha value is -1.47. The summed E-state index contributed by atoms with van der Waals surface area (Å²) in [5.74, 6) is 0. The zero-order chi connectivity index (χ0) is 14.7. The van der Waals surface area contributed by atoms with Gasteiger partial charge in [-0.2, -0.15) is 11.3 Å². The maximum Gasteiger partial charge on any atom is 0.250 e. The molecule has 6 heteroatoms. The topological polar surface area (TPSA) is 46.2 Å². The molecule has 2 aromatic heterocycles. The van der Waals surface area contributed by atoms with Crippen molar-refractivity contribution in [3.05, 3.63) is 64.2 Å². The predicted octanol–water partition coefficient (Wildman–Crippen LogP) is 3.96. The van der Waals surface area contributed by atoms with E-state index >= 15 is 0 Å². The molecule has 0 unspecified atom stereocenters. The highest BCUT2D eigenvalue weighted by molar-refractivity contribution is 7.91. The van der Waals surface area contributed by atoms with Crippen molar-refractivity contribution in [2.45, 2.75) is 10.8 Å². The zero-order valence-electron chi connectivity index (χ0n) is 11.0. The number of rotatable bonds is 5. The van der Waals surface area contributed by atoms with Crippen LogP contribution in [0.15, 0.2) is 62.8 Å². The number of sulfonamides is 1. The molecule has 0 atom stereocenters. The minimum absolute atomic E-state index is 0.284. The summed E-state index contributed by atoms with van der Waals surface area (Å²) < 4.78 is 27.3. The smallest absolute Gasteiger partial charge is 0.206 e. The lowest BCUT2D eigenvalue weighted by Gasteiger charge is -2.09. The molecule has 0 aliphatic carbocycles. The van der Waals surface area contributed by atoms with E-state index in [-0.39, 0.29) is 6.54 Å². The number of thiophene rings is 2. The van der Waals surface area contributed by atoms with Crippen LogP contribution in [0, 0.1) is 0 Å². The molecule has 0 spiro atoms. The quantitative estimate of drug-likeness (QED) is 0.767. The van der Waals surface area contributed by atoms with Gasteiger partial charge < -0.3 is 0 Å². The summed E-state index contributed by atoms with van der Waals surface area (Å²) in [5, 5.41) is 5.84. The van der Waals surface area contributed by atoms with E-state index in [1.807, 2.05) is 35.7 Å². The Balaban J connectivity index is 1.84. The molecule has 0 aliphatic heterocycles. The van der Waals surface area contributed by atoms with E-state index in [1.165, 1.54) is 11.3 Å². The van der Waals surface area contributed by atoms with Crippen LogP contribution in [-0.2, 0) is 16.6 Å². The summed E-state index contributed by atoms with van der Waals surface area (Å²) in [6.45, 7) is 0.284. The molecule has 108 valence electrons. The monoisotopic (exact) mass is 335 g/mol. The van der Waals surface area contributed by atoms with Crippen LogP contribution in [0.4, 0.5) is 0 Å². The molecule has 3 nitrogen and oxygen atoms in total. The average molecular weight is 335 g/mol. The van der Waals surface area contributed by atoms with E-state index in [0.717, 1.165) is 16.7 Å². The van der Waals surface area contributed by atoms with Crippen molar-refractivity contribution in [2.75, 3.05) is 0 Å². The van der Waals surface area contributed by atoms with Crippen molar-refractivity contribution < 1.29 is 8.42 Å². The molecule has 0 bridgehead atoms. The first-order chi connectivity index (χ1) is 10.2. The SMILES string of the molecule is O=S(=O)(NCc1ccccc1-c1ccsc1)c1cccs1. The van der Waals surface area contributed by atoms with Crippen LogP contribution in [0.1, 0.15) is 5.56 Å². The third-order valence-corrected chi connectivity index (χ3v) is 6.54. The highest BCUT2D eigenvalue weighted by atomic mass is 32.2. The molecule has 21 heavy (non-hydrogen) atoms. The van der Waals surface area contributed by atoms with Crippen LogP contribution in [0.2, 0.25) is 0 Å². The Morgan fingerprint density at radius 2 is 1.86 bits per heavy atom. The van der Waals surface area contributed by atoms with Gasteiger partial charge in [-0.3, -0.25) is 0 Å². The first-order valence-electron chi connectivity index (χ1n) is 6.30. The van der Waals surface area contributed by atoms with Crippen molar-refractivity contribution in [1.29, 1.82) is 0 Å². The largest absolute Gasteiger partial charge is 0.250 e. The van der Waals surface area contributed by atoms with Gasteiger partial charge in [-0.25, -0.2) is 13.1 Å². The summed E-state index contributed by atoms with van der Waals surface area (Å²) >= 11 is 2.85. The summed E-state index contributed by atoms with van der Waals surface area (Å²) in [4.78, 5) is 0. The van der Waals surface area contributed by atoms with Gasteiger partial charge in [-0.05, 0) is 45.0 Å². The van der Waals surface area contributed by atoms with E-state index < -0.39 is 10.0 Å². The fraction of sp³-hybridized carbons (Fsp3) is 0.0667. The van der Waals surface area contributed by atoms with Gasteiger partial charge in [0.1, 0.15) is 4.21 Å². The van der Waals surface area contributed by atoms with Gasteiger partial charge in [-0.1, -0.05) is 30.3 Å². The maximum absolute atomic E-state index is 12.2. The van der Waals surface area contributed by atoms with Gasteiger partial charge in [0, 0.05) is 6.54 Å². The molecule has 3 aromatic rings. The molecule has 0 saturated heterocycles. The van der Waals surface area contributed by atoms with Crippen molar-refractivity contribution in [3.63, 3.8) is 0 Å². The van der Waals surface area contributed by atoms with Crippen LogP contribution in [0.25, 0.3) is 11.1 Å². The summed E-state index contributed by atoms with van der Waals surface area (Å²) in [6, 6.07) is 13.2. The Morgan fingerprint density at radius 1 is 1.00 bits per heavy atom. The normalized spacial score (nSPS) is 11.6. The van der Waals surface area contributed by atoms with Gasteiger partial charge in [0.2, 0.25) is 10.0 Å². The van der Waals surface area contributed by atoms with E-state index in [1.54, 1.807) is 28.8 Å². The van der Waals surface area contributed by atoms with E-state index in [4.69, 9.17) is 0 Å². The molecule has 0 radical (unpaired) electrons. The summed E-state index contributed by atoms with van der Waals surface area (Å²) in [7, 11) is -3.43. The second-order valence-electron chi connectivity index (χ2n) is 4.43. The molecule has 1 aromatic carbocycles. The van der Waals surface area contributed by atoms with Crippen LogP contribution < -0.4 is 4.72 Å². The Morgan fingerprint density at radius 3 is 2.57 bits per heavy atom. The fourth-order valence-corrected chi connectivity index (χ4v) is 4.73. The minimum Gasteiger partial charge on any atom is -0.206 e. The number of nitrogens with one attached hydrogen (secondary N) is 1. The Labute approximate surface area is 132 Å². The first kappa shape index (κ1) is 14.5. The maximum atomic E-state index is 12.2. The molecule has 0 saturated carbocycles. The molecule has 2 heterocycles. The van der Waals surface area contributed by atoms with Crippen molar-refractivity contribution in [3.8, 4) is 11.1 Å². The van der Waals surface area contributed by atoms with Gasteiger partial charge in [0.15, 0.2) is 0 Å². The number of benzene rings is 1. The molecular formula is C15H13NO2S3. The van der Waals surface area contributed by atoms with Gasteiger partial charge in [0.05, 0.1) is 0 Å². The molecule has 0 amide bonds. The van der Waals surface area contributed by atoms with Crippen LogP contribution in [0.5, 0.6) is 0 Å². The number of hydrogen-bond acceptors (Lipinski definition) is 4. The van der Waals surface area contributed by atoms with Crippen molar-refractivity contribution in [1.82, 2.24) is 4.72 Å². The van der Waals surface area contributed by atoms with Crippen LogP contribution in [-0.4, -0.2) is 8.42 Å². The lowest BCUT2D eigenvalue weighted by atomic mass is 10.0. The highest BCUT2D eigenvalue weighted by Crippen LogP contribution is 2.26.